The first-order valence-corrected chi connectivity index (χ1v) is 8.92. The topological polar surface area (TPSA) is 97.2 Å². The largest absolute Gasteiger partial charge is 0.377 e. The molecule has 3 aromatic rings. The minimum absolute atomic E-state index is 0.0963. The smallest absolute Gasteiger partial charge is 0.314 e. The fourth-order valence-corrected chi connectivity index (χ4v) is 3.26. The lowest BCUT2D eigenvalue weighted by atomic mass is 10.2. The molecule has 10 heteroatoms. The number of nitrogens with one attached hydrogen (secondary N) is 2. The number of anilines is 1. The van der Waals surface area contributed by atoms with E-state index in [0.29, 0.717) is 48.8 Å². The Balaban J connectivity index is 1.70. The summed E-state index contributed by atoms with van der Waals surface area (Å²) in [4.78, 5) is 22.4. The zero-order valence-corrected chi connectivity index (χ0v) is 15.3. The standard InChI is InChI=1S/C18H20FN7O2/c1-20-18(27)21-8-12-10-28-7-6-25(12)16-13-9-24-26(17(13)23-11-22-16)15-5-3-2-4-14(15)19/h2-5,9,11-12H,6-8,10H2,1H3,(H2,20,21,27). The molecule has 0 aliphatic carbocycles. The second kappa shape index (κ2) is 7.77. The first-order valence-electron chi connectivity index (χ1n) is 8.92. The van der Waals surface area contributed by atoms with Gasteiger partial charge in [-0.25, -0.2) is 23.8 Å². The van der Waals surface area contributed by atoms with Crippen LogP contribution in [-0.2, 0) is 4.74 Å². The summed E-state index contributed by atoms with van der Waals surface area (Å²) in [7, 11) is 1.57. The van der Waals surface area contributed by atoms with Crippen molar-refractivity contribution >= 4 is 22.9 Å². The molecule has 1 aliphatic heterocycles. The number of ether oxygens (including phenoxy) is 1. The van der Waals surface area contributed by atoms with E-state index in [4.69, 9.17) is 4.74 Å². The van der Waals surface area contributed by atoms with E-state index in [2.05, 4.69) is 30.6 Å². The number of amides is 2. The van der Waals surface area contributed by atoms with E-state index in [-0.39, 0.29) is 17.9 Å². The summed E-state index contributed by atoms with van der Waals surface area (Å²) in [5.41, 5.74) is 0.835. The van der Waals surface area contributed by atoms with E-state index in [9.17, 15) is 9.18 Å². The van der Waals surface area contributed by atoms with Gasteiger partial charge in [-0.3, -0.25) is 0 Å². The van der Waals surface area contributed by atoms with Crippen molar-refractivity contribution in [1.82, 2.24) is 30.4 Å². The highest BCUT2D eigenvalue weighted by molar-refractivity contribution is 5.88. The molecule has 1 aromatic carbocycles. The van der Waals surface area contributed by atoms with Gasteiger partial charge in [0, 0.05) is 20.1 Å². The Morgan fingerprint density at radius 2 is 2.21 bits per heavy atom. The molecule has 2 aromatic heterocycles. The maximum absolute atomic E-state index is 14.2. The lowest BCUT2D eigenvalue weighted by Crippen LogP contribution is -2.52. The first-order chi connectivity index (χ1) is 13.7. The minimum Gasteiger partial charge on any atom is -0.377 e. The number of morpholine rings is 1. The van der Waals surface area contributed by atoms with Crippen molar-refractivity contribution in [3.8, 4) is 5.69 Å². The van der Waals surface area contributed by atoms with Crippen LogP contribution in [-0.4, -0.2) is 65.2 Å². The molecule has 28 heavy (non-hydrogen) atoms. The van der Waals surface area contributed by atoms with Crippen LogP contribution in [0.5, 0.6) is 0 Å². The predicted molar refractivity (Wildman–Crippen MR) is 101 cm³/mol. The number of carbonyl (C=O) groups is 1. The summed E-state index contributed by atoms with van der Waals surface area (Å²) >= 11 is 0. The zero-order valence-electron chi connectivity index (χ0n) is 15.3. The van der Waals surface area contributed by atoms with Crippen molar-refractivity contribution in [2.75, 3.05) is 38.3 Å². The number of carbonyl (C=O) groups excluding carboxylic acids is 1. The van der Waals surface area contributed by atoms with Gasteiger partial charge in [-0.05, 0) is 12.1 Å². The monoisotopic (exact) mass is 385 g/mol. The van der Waals surface area contributed by atoms with Crippen LogP contribution in [0.25, 0.3) is 16.7 Å². The van der Waals surface area contributed by atoms with Gasteiger partial charge in [0.2, 0.25) is 0 Å². The van der Waals surface area contributed by atoms with Crippen molar-refractivity contribution in [3.63, 3.8) is 0 Å². The van der Waals surface area contributed by atoms with Gasteiger partial charge in [0.25, 0.3) is 0 Å². The van der Waals surface area contributed by atoms with Gasteiger partial charge in [-0.2, -0.15) is 5.10 Å². The highest BCUT2D eigenvalue weighted by Crippen LogP contribution is 2.27. The van der Waals surface area contributed by atoms with Gasteiger partial charge in [-0.15, -0.1) is 0 Å². The molecule has 0 saturated carbocycles. The SMILES string of the molecule is CNC(=O)NCC1COCCN1c1ncnc2c1cnn2-c1ccccc1F. The van der Waals surface area contributed by atoms with Gasteiger partial charge >= 0.3 is 6.03 Å². The summed E-state index contributed by atoms with van der Waals surface area (Å²) in [6.07, 6.45) is 3.07. The number of rotatable bonds is 4. The molecule has 1 fully saturated rings. The Morgan fingerprint density at radius 3 is 3.04 bits per heavy atom. The molecular formula is C18H20FN7O2. The number of halogens is 1. The van der Waals surface area contributed by atoms with Crippen LogP contribution in [0.4, 0.5) is 15.0 Å². The molecule has 9 nitrogen and oxygen atoms in total. The fraction of sp³-hybridized carbons (Fsp3) is 0.333. The second-order valence-electron chi connectivity index (χ2n) is 6.32. The van der Waals surface area contributed by atoms with Crippen LogP contribution in [0, 0.1) is 5.82 Å². The number of hydrogen-bond donors (Lipinski definition) is 2. The van der Waals surface area contributed by atoms with Crippen LogP contribution in [0.2, 0.25) is 0 Å². The Morgan fingerprint density at radius 1 is 1.36 bits per heavy atom. The molecule has 146 valence electrons. The van der Waals surface area contributed by atoms with Crippen molar-refractivity contribution in [3.05, 3.63) is 42.6 Å². The molecule has 2 N–H and O–H groups in total. The average Bonchev–Trinajstić information content (AvgIpc) is 3.16. The Kier molecular flexibility index (Phi) is 5.02. The third kappa shape index (κ3) is 3.33. The first kappa shape index (κ1) is 18.1. The van der Waals surface area contributed by atoms with E-state index in [0.717, 1.165) is 0 Å². The van der Waals surface area contributed by atoms with Gasteiger partial charge in [-0.1, -0.05) is 12.1 Å². The molecule has 1 saturated heterocycles. The normalized spacial score (nSPS) is 16.9. The maximum atomic E-state index is 14.2. The minimum atomic E-state index is -0.383. The molecule has 1 unspecified atom stereocenters. The maximum Gasteiger partial charge on any atom is 0.314 e. The molecule has 3 heterocycles. The number of hydrogen-bond acceptors (Lipinski definition) is 6. The van der Waals surface area contributed by atoms with E-state index >= 15 is 0 Å². The van der Waals surface area contributed by atoms with Crippen molar-refractivity contribution in [1.29, 1.82) is 0 Å². The number of fused-ring (bicyclic) bond motifs is 1. The number of nitrogens with zero attached hydrogens (tertiary/aromatic N) is 5. The van der Waals surface area contributed by atoms with E-state index < -0.39 is 0 Å². The molecule has 1 atom stereocenters. The molecule has 0 bridgehead atoms. The third-order valence-corrected chi connectivity index (χ3v) is 4.65. The van der Waals surface area contributed by atoms with Gasteiger partial charge in [0.15, 0.2) is 5.65 Å². The summed E-state index contributed by atoms with van der Waals surface area (Å²) in [6, 6.07) is 6.05. The fourth-order valence-electron chi connectivity index (χ4n) is 3.26. The highest BCUT2D eigenvalue weighted by Gasteiger charge is 2.27. The molecule has 4 rings (SSSR count). The van der Waals surface area contributed by atoms with Crippen LogP contribution >= 0.6 is 0 Å². The summed E-state index contributed by atoms with van der Waals surface area (Å²) < 4.78 is 21.3. The highest BCUT2D eigenvalue weighted by atomic mass is 19.1. The predicted octanol–water partition coefficient (Wildman–Crippen LogP) is 1.09. The van der Waals surface area contributed by atoms with Crippen molar-refractivity contribution in [2.24, 2.45) is 0 Å². The lowest BCUT2D eigenvalue weighted by molar-refractivity contribution is 0.0941. The summed E-state index contributed by atoms with van der Waals surface area (Å²) in [5, 5.41) is 10.4. The number of para-hydroxylation sites is 1. The van der Waals surface area contributed by atoms with Crippen LogP contribution < -0.4 is 15.5 Å². The molecular weight excluding hydrogens is 365 g/mol. The second-order valence-corrected chi connectivity index (χ2v) is 6.32. The van der Waals surface area contributed by atoms with Gasteiger partial charge in [0.05, 0.1) is 30.8 Å². The molecule has 0 spiro atoms. The molecule has 0 radical (unpaired) electrons. The lowest BCUT2D eigenvalue weighted by Gasteiger charge is -2.36. The van der Waals surface area contributed by atoms with Crippen molar-refractivity contribution < 1.29 is 13.9 Å². The number of urea groups is 1. The Labute approximate surface area is 160 Å². The Bertz CT molecular complexity index is 993. The number of aromatic nitrogens is 4. The van der Waals surface area contributed by atoms with Gasteiger partial charge < -0.3 is 20.3 Å². The summed E-state index contributed by atoms with van der Waals surface area (Å²) in [6.45, 7) is 2.00. The molecule has 1 aliphatic rings. The third-order valence-electron chi connectivity index (χ3n) is 4.65. The van der Waals surface area contributed by atoms with Crippen molar-refractivity contribution in [2.45, 2.75) is 6.04 Å². The van der Waals surface area contributed by atoms with E-state index in [1.165, 1.54) is 17.1 Å². The molecule has 2 amide bonds. The van der Waals surface area contributed by atoms with Crippen LogP contribution in [0.3, 0.4) is 0 Å². The quantitative estimate of drug-likeness (QED) is 0.698. The summed E-state index contributed by atoms with van der Waals surface area (Å²) in [5.74, 6) is 0.297. The van der Waals surface area contributed by atoms with E-state index in [1.54, 1.807) is 31.4 Å². The van der Waals surface area contributed by atoms with Crippen LogP contribution in [0.15, 0.2) is 36.8 Å². The Hall–Kier alpha value is -3.27. The van der Waals surface area contributed by atoms with Crippen LogP contribution in [0.1, 0.15) is 0 Å². The zero-order chi connectivity index (χ0) is 19.5. The average molecular weight is 385 g/mol. The van der Waals surface area contributed by atoms with Gasteiger partial charge in [0.1, 0.15) is 23.6 Å². The number of benzene rings is 1. The van der Waals surface area contributed by atoms with E-state index in [1.807, 2.05) is 0 Å².